The van der Waals surface area contributed by atoms with E-state index in [0.29, 0.717) is 13.1 Å². The number of benzene rings is 1. The molecule has 27 heavy (non-hydrogen) atoms. The second kappa shape index (κ2) is 10.3. The minimum absolute atomic E-state index is 0.0628. The summed E-state index contributed by atoms with van der Waals surface area (Å²) in [4.78, 5) is 25.0. The Morgan fingerprint density at radius 1 is 1.07 bits per heavy atom. The number of nitrogens with one attached hydrogen (secondary N) is 3. The molecule has 0 radical (unpaired) electrons. The van der Waals surface area contributed by atoms with Gasteiger partial charge in [0.05, 0.1) is 6.42 Å². The molecule has 0 aliphatic carbocycles. The first kappa shape index (κ1) is 21.2. The number of piperazine rings is 1. The van der Waals surface area contributed by atoms with Crippen molar-refractivity contribution >= 4 is 11.8 Å². The van der Waals surface area contributed by atoms with Gasteiger partial charge >= 0.3 is 6.18 Å². The van der Waals surface area contributed by atoms with Crippen molar-refractivity contribution in [2.24, 2.45) is 0 Å². The van der Waals surface area contributed by atoms with Crippen LogP contribution < -0.4 is 16.0 Å². The highest BCUT2D eigenvalue weighted by Gasteiger charge is 2.43. The second-order valence-corrected chi connectivity index (χ2v) is 6.41. The zero-order valence-electron chi connectivity index (χ0n) is 15.0. The lowest BCUT2D eigenvalue weighted by Gasteiger charge is -2.35. The molecule has 1 aromatic rings. The Bertz CT molecular complexity index is 604. The van der Waals surface area contributed by atoms with Gasteiger partial charge < -0.3 is 16.0 Å². The number of rotatable bonds is 8. The van der Waals surface area contributed by atoms with E-state index in [1.165, 1.54) is 4.90 Å². The Morgan fingerprint density at radius 3 is 2.37 bits per heavy atom. The molecular weight excluding hydrogens is 361 g/mol. The Labute approximate surface area is 156 Å². The molecule has 1 atom stereocenters. The van der Waals surface area contributed by atoms with Crippen LogP contribution in [0.4, 0.5) is 13.2 Å². The quantitative estimate of drug-likeness (QED) is 0.615. The molecule has 1 heterocycles. The van der Waals surface area contributed by atoms with Crippen molar-refractivity contribution in [3.05, 3.63) is 35.9 Å². The smallest absolute Gasteiger partial charge is 0.355 e. The Balaban J connectivity index is 1.70. The van der Waals surface area contributed by atoms with Crippen LogP contribution in [0.1, 0.15) is 12.0 Å². The molecule has 3 N–H and O–H groups in total. The molecule has 1 aliphatic heterocycles. The molecule has 2 rings (SSSR count). The van der Waals surface area contributed by atoms with Crippen molar-refractivity contribution in [1.82, 2.24) is 20.9 Å². The molecule has 1 aliphatic rings. The normalized spacial score (nSPS) is 16.6. The predicted octanol–water partition coefficient (Wildman–Crippen LogP) is 0.688. The Kier molecular flexibility index (Phi) is 8.05. The molecule has 1 saturated heterocycles. The average Bonchev–Trinajstić information content (AvgIpc) is 2.62. The van der Waals surface area contributed by atoms with Crippen LogP contribution in [0.25, 0.3) is 0 Å². The monoisotopic (exact) mass is 386 g/mol. The summed E-state index contributed by atoms with van der Waals surface area (Å²) in [6.07, 6.45) is -4.28. The third-order valence-corrected chi connectivity index (χ3v) is 4.34. The van der Waals surface area contributed by atoms with Gasteiger partial charge in [-0.25, -0.2) is 0 Å². The van der Waals surface area contributed by atoms with E-state index in [-0.39, 0.29) is 38.4 Å². The molecule has 0 bridgehead atoms. The summed E-state index contributed by atoms with van der Waals surface area (Å²) in [6, 6.07) is 7.44. The molecule has 150 valence electrons. The largest absolute Gasteiger partial charge is 0.405 e. The number of alkyl halides is 3. The van der Waals surface area contributed by atoms with Gasteiger partial charge in [-0.3, -0.25) is 14.5 Å². The first-order chi connectivity index (χ1) is 12.9. The van der Waals surface area contributed by atoms with E-state index >= 15 is 0 Å². The van der Waals surface area contributed by atoms with Gasteiger partial charge in [0.2, 0.25) is 11.8 Å². The summed E-state index contributed by atoms with van der Waals surface area (Å²) in [5, 5.41) is 7.95. The number of halogens is 3. The molecule has 0 spiro atoms. The summed E-state index contributed by atoms with van der Waals surface area (Å²) in [5.41, 5.74) is 0.850. The molecule has 9 heteroatoms. The topological polar surface area (TPSA) is 73.5 Å². The van der Waals surface area contributed by atoms with Crippen molar-refractivity contribution in [3.8, 4) is 0 Å². The fourth-order valence-electron chi connectivity index (χ4n) is 2.90. The molecule has 1 fully saturated rings. The van der Waals surface area contributed by atoms with E-state index < -0.39 is 24.7 Å². The minimum Gasteiger partial charge on any atom is -0.355 e. The van der Waals surface area contributed by atoms with E-state index in [9.17, 15) is 22.8 Å². The maximum absolute atomic E-state index is 13.2. The number of nitrogens with zero attached hydrogens (tertiary/aromatic N) is 1. The number of hydrogen-bond donors (Lipinski definition) is 3. The zero-order chi connectivity index (χ0) is 19.7. The summed E-state index contributed by atoms with van der Waals surface area (Å²) < 4.78 is 39.7. The first-order valence-electron chi connectivity index (χ1n) is 8.95. The van der Waals surface area contributed by atoms with Crippen molar-refractivity contribution in [2.45, 2.75) is 25.1 Å². The van der Waals surface area contributed by atoms with Crippen LogP contribution >= 0.6 is 0 Å². The Hall–Kier alpha value is -2.13. The number of hydrogen-bond acceptors (Lipinski definition) is 4. The Morgan fingerprint density at radius 2 is 1.74 bits per heavy atom. The molecule has 1 aromatic carbocycles. The first-order valence-corrected chi connectivity index (χ1v) is 8.95. The van der Waals surface area contributed by atoms with Gasteiger partial charge in [0.1, 0.15) is 6.04 Å². The van der Waals surface area contributed by atoms with Crippen LogP contribution in [0, 0.1) is 0 Å². The highest BCUT2D eigenvalue weighted by Crippen LogP contribution is 2.24. The van der Waals surface area contributed by atoms with E-state index in [1.807, 2.05) is 30.3 Å². The van der Waals surface area contributed by atoms with Crippen LogP contribution in [0.3, 0.4) is 0 Å². The fourth-order valence-corrected chi connectivity index (χ4v) is 2.90. The van der Waals surface area contributed by atoms with Gasteiger partial charge in [-0.2, -0.15) is 13.2 Å². The minimum atomic E-state index is -4.41. The van der Waals surface area contributed by atoms with Crippen LogP contribution in [0.15, 0.2) is 30.3 Å². The van der Waals surface area contributed by atoms with Gasteiger partial charge in [0.25, 0.3) is 0 Å². The summed E-state index contributed by atoms with van der Waals surface area (Å²) in [5.74, 6) is -0.748. The van der Waals surface area contributed by atoms with Gasteiger partial charge in [0, 0.05) is 45.7 Å². The average molecular weight is 386 g/mol. The van der Waals surface area contributed by atoms with Crippen LogP contribution in [0.2, 0.25) is 0 Å². The third kappa shape index (κ3) is 7.56. The van der Waals surface area contributed by atoms with Crippen molar-refractivity contribution in [1.29, 1.82) is 0 Å². The van der Waals surface area contributed by atoms with Gasteiger partial charge in [-0.1, -0.05) is 30.3 Å². The molecule has 0 saturated carbocycles. The number of amides is 2. The lowest BCUT2D eigenvalue weighted by molar-refractivity contribution is -0.184. The van der Waals surface area contributed by atoms with E-state index in [2.05, 4.69) is 16.0 Å². The fraction of sp³-hybridized carbons (Fsp3) is 0.556. The van der Waals surface area contributed by atoms with E-state index in [4.69, 9.17) is 0 Å². The molecule has 0 aromatic heterocycles. The molecular formula is C18H25F3N4O2. The van der Waals surface area contributed by atoms with Crippen LogP contribution in [-0.4, -0.2) is 68.2 Å². The maximum atomic E-state index is 13.2. The highest BCUT2D eigenvalue weighted by molar-refractivity contribution is 5.80. The van der Waals surface area contributed by atoms with E-state index in [1.54, 1.807) is 0 Å². The van der Waals surface area contributed by atoms with Gasteiger partial charge in [-0.05, 0) is 5.56 Å². The summed E-state index contributed by atoms with van der Waals surface area (Å²) in [6.45, 7) is 1.16. The molecule has 2 amide bonds. The van der Waals surface area contributed by atoms with Gasteiger partial charge in [-0.15, -0.1) is 0 Å². The summed E-state index contributed by atoms with van der Waals surface area (Å²) in [7, 11) is 0. The standard InChI is InChI=1S/C18H25F3N4O2/c19-18(20,21)15(25-10-8-22-9-11-25)13-24-16(26)6-7-23-17(27)12-14-4-2-1-3-5-14/h1-5,15,22H,6-13H2,(H,23,27)(H,24,26). The lowest BCUT2D eigenvalue weighted by Crippen LogP contribution is -2.57. The molecule has 1 unspecified atom stereocenters. The number of carbonyl (C=O) groups excluding carboxylic acids is 2. The van der Waals surface area contributed by atoms with Crippen molar-refractivity contribution < 1.29 is 22.8 Å². The number of carbonyl (C=O) groups is 2. The highest BCUT2D eigenvalue weighted by atomic mass is 19.4. The van der Waals surface area contributed by atoms with Crippen LogP contribution in [0.5, 0.6) is 0 Å². The van der Waals surface area contributed by atoms with Crippen molar-refractivity contribution in [2.75, 3.05) is 39.3 Å². The van der Waals surface area contributed by atoms with Crippen molar-refractivity contribution in [3.63, 3.8) is 0 Å². The predicted molar refractivity (Wildman–Crippen MR) is 95.1 cm³/mol. The summed E-state index contributed by atoms with van der Waals surface area (Å²) >= 11 is 0. The molecule has 6 nitrogen and oxygen atoms in total. The van der Waals surface area contributed by atoms with Crippen LogP contribution in [-0.2, 0) is 16.0 Å². The lowest BCUT2D eigenvalue weighted by atomic mass is 10.1. The SMILES string of the molecule is O=C(CCNC(=O)Cc1ccccc1)NCC(N1CCNCC1)C(F)(F)F. The van der Waals surface area contributed by atoms with Gasteiger partial charge in [0.15, 0.2) is 0 Å². The maximum Gasteiger partial charge on any atom is 0.405 e. The second-order valence-electron chi connectivity index (χ2n) is 6.41. The van der Waals surface area contributed by atoms with E-state index in [0.717, 1.165) is 5.56 Å². The third-order valence-electron chi connectivity index (χ3n) is 4.34. The zero-order valence-corrected chi connectivity index (χ0v) is 15.0.